The van der Waals surface area contributed by atoms with Gasteiger partial charge in [-0.25, -0.2) is 0 Å². The van der Waals surface area contributed by atoms with E-state index in [4.69, 9.17) is 9.47 Å². The van der Waals surface area contributed by atoms with E-state index < -0.39 is 5.97 Å². The molecule has 0 saturated carbocycles. The predicted octanol–water partition coefficient (Wildman–Crippen LogP) is 0.897. The van der Waals surface area contributed by atoms with E-state index >= 15 is 0 Å². The average Bonchev–Trinajstić information content (AvgIpc) is 2.36. The van der Waals surface area contributed by atoms with Gasteiger partial charge in [-0.3, -0.25) is 4.79 Å². The van der Waals surface area contributed by atoms with E-state index in [0.717, 1.165) is 3.57 Å². The molecular formula is C12H12IO5S-. The minimum Gasteiger partial charge on any atom is -0.545 e. The smallest absolute Gasteiger partial charge is 0.306 e. The molecule has 0 saturated heterocycles. The number of carbonyl (C=O) groups excluding carboxylic acids is 2. The number of benzene rings is 1. The van der Waals surface area contributed by atoms with Crippen LogP contribution in [0, 0.1) is 3.57 Å². The summed E-state index contributed by atoms with van der Waals surface area (Å²) in [4.78, 5) is 22.0. The molecule has 0 aliphatic heterocycles. The molecule has 0 spiro atoms. The van der Waals surface area contributed by atoms with Gasteiger partial charge in [0.15, 0.2) is 0 Å². The number of carbonyl (C=O) groups is 2. The van der Waals surface area contributed by atoms with Gasteiger partial charge >= 0.3 is 5.97 Å². The van der Waals surface area contributed by atoms with Gasteiger partial charge in [-0.1, -0.05) is 0 Å². The Hall–Kier alpha value is -0.960. The minimum atomic E-state index is -1.31. The van der Waals surface area contributed by atoms with Gasteiger partial charge < -0.3 is 19.4 Å². The molecule has 0 amide bonds. The zero-order chi connectivity index (χ0) is 14.3. The summed E-state index contributed by atoms with van der Waals surface area (Å²) in [5.74, 6) is -1.04. The SMILES string of the molecule is O=C(CCS)OCCOc1ccc(I)cc1C(=O)[O-]. The molecule has 0 radical (unpaired) electrons. The molecule has 0 N–H and O–H groups in total. The number of hydrogen-bond acceptors (Lipinski definition) is 6. The number of carboxylic acid groups (broad SMARTS) is 1. The Labute approximate surface area is 129 Å². The summed E-state index contributed by atoms with van der Waals surface area (Å²) >= 11 is 5.90. The van der Waals surface area contributed by atoms with Crippen LogP contribution < -0.4 is 9.84 Å². The highest BCUT2D eigenvalue weighted by molar-refractivity contribution is 14.1. The van der Waals surface area contributed by atoms with Gasteiger partial charge in [-0.2, -0.15) is 12.6 Å². The number of thiol groups is 1. The first-order valence-corrected chi connectivity index (χ1v) is 7.16. The van der Waals surface area contributed by atoms with Gasteiger partial charge in [0.1, 0.15) is 19.0 Å². The Morgan fingerprint density at radius 3 is 2.68 bits per heavy atom. The summed E-state index contributed by atoms with van der Waals surface area (Å²) in [5.41, 5.74) is -0.0198. The van der Waals surface area contributed by atoms with Crippen LogP contribution in [0.5, 0.6) is 5.75 Å². The lowest BCUT2D eigenvalue weighted by molar-refractivity contribution is -0.255. The Balaban J connectivity index is 2.49. The maximum atomic E-state index is 11.0. The van der Waals surface area contributed by atoms with Crippen LogP contribution in [-0.4, -0.2) is 30.9 Å². The number of aromatic carboxylic acids is 1. The number of esters is 1. The first-order chi connectivity index (χ1) is 9.04. The largest absolute Gasteiger partial charge is 0.545 e. The number of halogens is 1. The number of ether oxygens (including phenoxy) is 2. The predicted molar refractivity (Wildman–Crippen MR) is 78.4 cm³/mol. The Kier molecular flexibility index (Phi) is 7.00. The second kappa shape index (κ2) is 8.26. The highest BCUT2D eigenvalue weighted by atomic mass is 127. The van der Waals surface area contributed by atoms with Gasteiger partial charge in [0.05, 0.1) is 12.4 Å². The second-order valence-corrected chi connectivity index (χ2v) is 5.16. The molecule has 19 heavy (non-hydrogen) atoms. The van der Waals surface area contributed by atoms with Gasteiger partial charge in [-0.05, 0) is 40.8 Å². The van der Waals surface area contributed by atoms with Crippen molar-refractivity contribution in [2.24, 2.45) is 0 Å². The number of hydrogen-bond donors (Lipinski definition) is 1. The summed E-state index contributed by atoms with van der Waals surface area (Å²) in [6.07, 6.45) is 0.233. The van der Waals surface area contributed by atoms with E-state index in [-0.39, 0.29) is 36.9 Å². The van der Waals surface area contributed by atoms with Crippen molar-refractivity contribution >= 4 is 47.2 Å². The van der Waals surface area contributed by atoms with Gasteiger partial charge in [0, 0.05) is 14.9 Å². The summed E-state index contributed by atoms with van der Waals surface area (Å²) in [5, 5.41) is 10.9. The van der Waals surface area contributed by atoms with Crippen molar-refractivity contribution in [3.05, 3.63) is 27.3 Å². The van der Waals surface area contributed by atoms with Crippen molar-refractivity contribution in [1.29, 1.82) is 0 Å². The maximum Gasteiger partial charge on any atom is 0.306 e. The van der Waals surface area contributed by atoms with Crippen molar-refractivity contribution in [2.75, 3.05) is 19.0 Å². The Morgan fingerprint density at radius 1 is 1.32 bits per heavy atom. The van der Waals surface area contributed by atoms with E-state index in [0.29, 0.717) is 5.75 Å². The summed E-state index contributed by atoms with van der Waals surface area (Å²) < 4.78 is 10.9. The van der Waals surface area contributed by atoms with Crippen molar-refractivity contribution < 1.29 is 24.2 Å². The third-order valence-corrected chi connectivity index (χ3v) is 2.98. The monoisotopic (exact) mass is 395 g/mol. The van der Waals surface area contributed by atoms with Gasteiger partial charge in [0.2, 0.25) is 0 Å². The molecule has 1 rings (SSSR count). The topological polar surface area (TPSA) is 75.7 Å². The molecule has 0 aromatic heterocycles. The second-order valence-electron chi connectivity index (χ2n) is 3.47. The van der Waals surface area contributed by atoms with E-state index in [9.17, 15) is 14.7 Å². The molecule has 5 nitrogen and oxygen atoms in total. The van der Waals surface area contributed by atoms with E-state index in [1.165, 1.54) is 6.07 Å². The van der Waals surface area contributed by atoms with E-state index in [1.54, 1.807) is 12.1 Å². The van der Waals surface area contributed by atoms with Crippen LogP contribution in [0.3, 0.4) is 0 Å². The molecule has 0 unspecified atom stereocenters. The molecule has 1 aromatic carbocycles. The average molecular weight is 395 g/mol. The van der Waals surface area contributed by atoms with E-state index in [2.05, 4.69) is 12.6 Å². The molecule has 0 bridgehead atoms. The van der Waals surface area contributed by atoms with Crippen LogP contribution in [0.25, 0.3) is 0 Å². The zero-order valence-electron chi connectivity index (χ0n) is 9.93. The van der Waals surface area contributed by atoms with Crippen LogP contribution in [0.15, 0.2) is 18.2 Å². The minimum absolute atomic E-state index is 0.0198. The highest BCUT2D eigenvalue weighted by Gasteiger charge is 2.06. The first kappa shape index (κ1) is 16.1. The quantitative estimate of drug-likeness (QED) is 0.321. The normalized spacial score (nSPS) is 10.0. The standard InChI is InChI=1S/C12H13IO5S/c13-8-1-2-10(9(7-8)12(15)16)17-4-5-18-11(14)3-6-19/h1-2,7,19H,3-6H2,(H,15,16)/p-1. The summed E-state index contributed by atoms with van der Waals surface area (Å²) in [6.45, 7) is 0.143. The lowest BCUT2D eigenvalue weighted by Crippen LogP contribution is -2.23. The zero-order valence-corrected chi connectivity index (χ0v) is 13.0. The highest BCUT2D eigenvalue weighted by Crippen LogP contribution is 2.20. The van der Waals surface area contributed by atoms with Crippen LogP contribution in [0.4, 0.5) is 0 Å². The Morgan fingerprint density at radius 2 is 2.05 bits per heavy atom. The molecule has 0 fully saturated rings. The third kappa shape index (κ3) is 5.68. The Bertz CT molecular complexity index is 463. The molecule has 0 aliphatic carbocycles. The van der Waals surface area contributed by atoms with Crippen LogP contribution in [0.2, 0.25) is 0 Å². The number of carboxylic acids is 1. The molecule has 104 valence electrons. The fourth-order valence-corrected chi connectivity index (χ4v) is 1.93. The van der Waals surface area contributed by atoms with Crippen LogP contribution in [0.1, 0.15) is 16.8 Å². The van der Waals surface area contributed by atoms with Crippen LogP contribution >= 0.6 is 35.2 Å². The third-order valence-electron chi connectivity index (χ3n) is 2.08. The van der Waals surface area contributed by atoms with Crippen molar-refractivity contribution in [3.63, 3.8) is 0 Å². The fourth-order valence-electron chi connectivity index (χ4n) is 1.26. The van der Waals surface area contributed by atoms with Gasteiger partial charge in [-0.15, -0.1) is 0 Å². The lowest BCUT2D eigenvalue weighted by Gasteiger charge is -2.12. The van der Waals surface area contributed by atoms with Crippen molar-refractivity contribution in [1.82, 2.24) is 0 Å². The summed E-state index contributed by atoms with van der Waals surface area (Å²) in [7, 11) is 0. The fraction of sp³-hybridized carbons (Fsp3) is 0.333. The van der Waals surface area contributed by atoms with E-state index in [1.807, 2.05) is 22.6 Å². The summed E-state index contributed by atoms with van der Waals surface area (Å²) in [6, 6.07) is 4.72. The van der Waals surface area contributed by atoms with Crippen molar-refractivity contribution in [3.8, 4) is 5.75 Å². The first-order valence-electron chi connectivity index (χ1n) is 5.44. The molecule has 1 aromatic rings. The van der Waals surface area contributed by atoms with Crippen molar-refractivity contribution in [2.45, 2.75) is 6.42 Å². The van der Waals surface area contributed by atoms with Crippen LogP contribution in [-0.2, 0) is 9.53 Å². The molecular weight excluding hydrogens is 383 g/mol. The van der Waals surface area contributed by atoms with Gasteiger partial charge in [0.25, 0.3) is 0 Å². The molecule has 0 aliphatic rings. The molecule has 7 heteroatoms. The number of rotatable bonds is 7. The molecule has 0 atom stereocenters. The maximum absolute atomic E-state index is 11.0. The molecule has 0 heterocycles. The lowest BCUT2D eigenvalue weighted by atomic mass is 10.2.